The number of carboxylic acids is 1. The molecule has 0 radical (unpaired) electrons. The molecule has 6 nitrogen and oxygen atoms in total. The summed E-state index contributed by atoms with van der Waals surface area (Å²) in [5.41, 5.74) is -0.301. The van der Waals surface area contributed by atoms with Gasteiger partial charge in [0.25, 0.3) is 0 Å². The molecule has 1 aliphatic heterocycles. The number of benzene rings is 2. The Labute approximate surface area is 180 Å². The van der Waals surface area contributed by atoms with Crippen molar-refractivity contribution in [2.24, 2.45) is 5.92 Å². The summed E-state index contributed by atoms with van der Waals surface area (Å²) in [5.74, 6) is -1.69. The van der Waals surface area contributed by atoms with Gasteiger partial charge in [-0.2, -0.15) is 0 Å². The number of hydrogen-bond acceptors (Lipinski definition) is 4. The number of aliphatic carboxylic acids is 1. The quantitative estimate of drug-likeness (QED) is 0.533. The van der Waals surface area contributed by atoms with E-state index >= 15 is 0 Å². The van der Waals surface area contributed by atoms with Crippen molar-refractivity contribution in [2.75, 3.05) is 7.05 Å². The Bertz CT molecular complexity index is 975. The van der Waals surface area contributed by atoms with Gasteiger partial charge in [0.05, 0.1) is 6.42 Å². The van der Waals surface area contributed by atoms with Crippen molar-refractivity contribution in [2.45, 2.75) is 38.1 Å². The monoisotopic (exact) mass is 429 g/mol. The predicted octanol–water partition coefficient (Wildman–Crippen LogP) is 3.89. The minimum absolute atomic E-state index is 0.0837. The third-order valence-electron chi connectivity index (χ3n) is 5.48. The Kier molecular flexibility index (Phi) is 6.17. The maximum absolute atomic E-state index is 13.3. The van der Waals surface area contributed by atoms with Crippen molar-refractivity contribution in [3.63, 3.8) is 0 Å². The van der Waals surface area contributed by atoms with Crippen LogP contribution in [0.5, 0.6) is 5.75 Å². The second-order valence-electron chi connectivity index (χ2n) is 7.97. The zero-order valence-electron chi connectivity index (χ0n) is 17.1. The van der Waals surface area contributed by atoms with Crippen LogP contribution < -0.4 is 4.74 Å². The second kappa shape index (κ2) is 8.48. The van der Waals surface area contributed by atoms with E-state index in [-0.39, 0.29) is 12.3 Å². The number of hydrogen-bond donors (Lipinski definition) is 1. The second-order valence-corrected chi connectivity index (χ2v) is 8.40. The van der Waals surface area contributed by atoms with Crippen LogP contribution in [0.2, 0.25) is 5.02 Å². The lowest BCUT2D eigenvalue weighted by Crippen LogP contribution is -2.47. The molecule has 1 heterocycles. The fourth-order valence-corrected chi connectivity index (χ4v) is 4.06. The van der Waals surface area contributed by atoms with Crippen LogP contribution in [0.3, 0.4) is 0 Å². The van der Waals surface area contributed by atoms with Gasteiger partial charge in [-0.05, 0) is 36.1 Å². The van der Waals surface area contributed by atoms with Crippen molar-refractivity contribution < 1.29 is 24.2 Å². The number of ether oxygens (including phenoxy) is 1. The van der Waals surface area contributed by atoms with Crippen LogP contribution in [0.25, 0.3) is 0 Å². The van der Waals surface area contributed by atoms with Crippen LogP contribution in [0, 0.1) is 5.92 Å². The van der Waals surface area contributed by atoms with E-state index in [2.05, 4.69) is 0 Å². The molecular weight excluding hydrogens is 406 g/mol. The van der Waals surface area contributed by atoms with E-state index in [9.17, 15) is 19.5 Å². The average molecular weight is 430 g/mol. The molecule has 1 amide bonds. The lowest BCUT2D eigenvalue weighted by Gasteiger charge is -2.31. The summed E-state index contributed by atoms with van der Waals surface area (Å²) in [6.45, 7) is 3.79. The van der Waals surface area contributed by atoms with Gasteiger partial charge in [-0.1, -0.05) is 55.8 Å². The van der Waals surface area contributed by atoms with Gasteiger partial charge in [-0.25, -0.2) is 4.79 Å². The predicted molar refractivity (Wildman–Crippen MR) is 113 cm³/mol. The Hall–Kier alpha value is -2.86. The highest BCUT2D eigenvalue weighted by Gasteiger charge is 2.52. The van der Waals surface area contributed by atoms with Crippen LogP contribution in [0.1, 0.15) is 37.8 Å². The van der Waals surface area contributed by atoms with Crippen LogP contribution in [-0.2, 0) is 19.8 Å². The zero-order valence-corrected chi connectivity index (χ0v) is 17.8. The van der Waals surface area contributed by atoms with E-state index in [1.807, 2.05) is 19.9 Å². The van der Waals surface area contributed by atoms with Gasteiger partial charge in [-0.3, -0.25) is 9.59 Å². The molecule has 1 unspecified atom stereocenters. The average Bonchev–Trinajstić information content (AvgIpc) is 2.97. The number of nitrogens with zero attached hydrogens (tertiary/aromatic N) is 1. The number of carbonyl (C=O) groups excluding carboxylic acids is 2. The standard InChI is InChI=1S/C23H24ClNO5/c1-14(2)11-18(21(27)28)25(3)20(26)13-23(15-7-5-4-6-8-15)17-12-16(24)9-10-19(17)30-22(23)29/h4-10,12,14,18H,11,13H2,1-3H3,(H,27,28)/t18-,23?/m0/s1. The number of carboxylic acid groups (broad SMARTS) is 1. The summed E-state index contributed by atoms with van der Waals surface area (Å²) >= 11 is 6.19. The summed E-state index contributed by atoms with van der Waals surface area (Å²) in [4.78, 5) is 39.4. The minimum Gasteiger partial charge on any atom is -0.480 e. The van der Waals surface area contributed by atoms with Crippen LogP contribution >= 0.6 is 11.6 Å². The van der Waals surface area contributed by atoms with E-state index in [4.69, 9.17) is 16.3 Å². The molecule has 2 aromatic rings. The maximum Gasteiger partial charge on any atom is 0.327 e. The Morgan fingerprint density at radius 1 is 1.17 bits per heavy atom. The van der Waals surface area contributed by atoms with Crippen LogP contribution in [0.15, 0.2) is 48.5 Å². The fourth-order valence-electron chi connectivity index (χ4n) is 3.88. The zero-order chi connectivity index (χ0) is 22.1. The van der Waals surface area contributed by atoms with E-state index in [0.717, 1.165) is 0 Å². The summed E-state index contributed by atoms with van der Waals surface area (Å²) in [7, 11) is 1.46. The molecule has 30 heavy (non-hydrogen) atoms. The van der Waals surface area contributed by atoms with Gasteiger partial charge < -0.3 is 14.7 Å². The maximum atomic E-state index is 13.3. The third kappa shape index (κ3) is 3.92. The molecule has 158 valence electrons. The first-order valence-corrected chi connectivity index (χ1v) is 10.1. The molecule has 0 saturated heterocycles. The third-order valence-corrected chi connectivity index (χ3v) is 5.71. The van der Waals surface area contributed by atoms with E-state index in [1.165, 1.54) is 11.9 Å². The van der Waals surface area contributed by atoms with Crippen molar-refractivity contribution in [1.29, 1.82) is 0 Å². The fraction of sp³-hybridized carbons (Fsp3) is 0.348. The van der Waals surface area contributed by atoms with Gasteiger partial charge >= 0.3 is 11.9 Å². The molecule has 0 spiro atoms. The highest BCUT2D eigenvalue weighted by atomic mass is 35.5. The number of carbonyl (C=O) groups is 3. The first-order chi connectivity index (χ1) is 14.2. The highest BCUT2D eigenvalue weighted by molar-refractivity contribution is 6.30. The van der Waals surface area contributed by atoms with E-state index in [0.29, 0.717) is 28.3 Å². The van der Waals surface area contributed by atoms with Crippen LogP contribution in [0.4, 0.5) is 0 Å². The molecule has 2 aromatic carbocycles. The first kappa shape index (κ1) is 21.8. The molecule has 3 rings (SSSR count). The van der Waals surface area contributed by atoms with Gasteiger partial charge in [0.1, 0.15) is 17.2 Å². The topological polar surface area (TPSA) is 83.9 Å². The van der Waals surface area contributed by atoms with Gasteiger partial charge in [0, 0.05) is 17.6 Å². The molecular formula is C23H24ClNO5. The number of fused-ring (bicyclic) bond motifs is 1. The van der Waals surface area contributed by atoms with E-state index < -0.39 is 29.3 Å². The normalized spacial score (nSPS) is 18.6. The number of halogens is 1. The Balaban J connectivity index is 2.06. The molecule has 0 saturated carbocycles. The van der Waals surface area contributed by atoms with Crippen molar-refractivity contribution in [1.82, 2.24) is 4.90 Å². The number of likely N-dealkylation sites (N-methyl/N-ethyl adjacent to an activating group) is 1. The van der Waals surface area contributed by atoms with Gasteiger partial charge in [-0.15, -0.1) is 0 Å². The summed E-state index contributed by atoms with van der Waals surface area (Å²) < 4.78 is 5.50. The van der Waals surface area contributed by atoms with Crippen molar-refractivity contribution >= 4 is 29.4 Å². The van der Waals surface area contributed by atoms with Crippen LogP contribution in [-0.4, -0.2) is 40.9 Å². The Morgan fingerprint density at radius 2 is 1.83 bits per heavy atom. The van der Waals surface area contributed by atoms with Gasteiger partial charge in [0.2, 0.25) is 5.91 Å². The first-order valence-electron chi connectivity index (χ1n) is 9.73. The molecule has 7 heteroatoms. The van der Waals surface area contributed by atoms with Gasteiger partial charge in [0.15, 0.2) is 0 Å². The van der Waals surface area contributed by atoms with Crippen molar-refractivity contribution in [3.8, 4) is 5.75 Å². The molecule has 0 bridgehead atoms. The number of amides is 1. The molecule has 1 N–H and O–H groups in total. The molecule has 1 aliphatic rings. The summed E-state index contributed by atoms with van der Waals surface area (Å²) in [6, 6.07) is 12.7. The lowest BCUT2D eigenvalue weighted by atomic mass is 9.72. The van der Waals surface area contributed by atoms with Crippen molar-refractivity contribution in [3.05, 3.63) is 64.7 Å². The number of esters is 1. The lowest BCUT2D eigenvalue weighted by molar-refractivity contribution is -0.151. The smallest absolute Gasteiger partial charge is 0.327 e. The van der Waals surface area contributed by atoms with E-state index in [1.54, 1.807) is 42.5 Å². The molecule has 0 aliphatic carbocycles. The highest BCUT2D eigenvalue weighted by Crippen LogP contribution is 2.48. The largest absolute Gasteiger partial charge is 0.480 e. The SMILES string of the molecule is CC(C)C[C@@H](C(=O)O)N(C)C(=O)CC1(c2ccccc2)C(=O)Oc2ccc(Cl)cc21. The molecule has 2 atom stereocenters. The number of rotatable bonds is 7. The summed E-state index contributed by atoms with van der Waals surface area (Å²) in [6.07, 6.45) is 0.0460. The summed E-state index contributed by atoms with van der Waals surface area (Å²) in [5, 5.41) is 10.0. The molecule has 0 aromatic heterocycles. The molecule has 0 fully saturated rings. The Morgan fingerprint density at radius 3 is 2.43 bits per heavy atom. The minimum atomic E-state index is -1.40.